The first-order valence-corrected chi connectivity index (χ1v) is 5.68. The molecule has 0 aliphatic heterocycles. The van der Waals surface area contributed by atoms with E-state index in [-0.39, 0.29) is 5.41 Å². The molecule has 0 saturated carbocycles. The Balaban J connectivity index is 2.69. The molecule has 0 spiro atoms. The first kappa shape index (κ1) is 11.7. The number of nitriles is 1. The van der Waals surface area contributed by atoms with Crippen LogP contribution in [0, 0.1) is 11.3 Å². The lowest BCUT2D eigenvalue weighted by molar-refractivity contribution is 0.476. The van der Waals surface area contributed by atoms with Crippen molar-refractivity contribution in [3.05, 3.63) is 36.0 Å². The van der Waals surface area contributed by atoms with E-state index in [1.807, 2.05) is 33.0 Å². The van der Waals surface area contributed by atoms with Gasteiger partial charge >= 0.3 is 0 Å². The number of rotatable bonds is 2. The molecular formula is C14H17N3. The number of para-hydroxylation sites is 1. The minimum Gasteiger partial charge on any atom is -0.350 e. The fourth-order valence-corrected chi connectivity index (χ4v) is 2.18. The van der Waals surface area contributed by atoms with Crippen LogP contribution in [0.15, 0.2) is 30.5 Å². The highest BCUT2D eigenvalue weighted by molar-refractivity contribution is 5.85. The number of fused-ring (bicyclic) bond motifs is 1. The van der Waals surface area contributed by atoms with Gasteiger partial charge in [-0.15, -0.1) is 0 Å². The summed E-state index contributed by atoms with van der Waals surface area (Å²) in [6.45, 7) is 4.03. The molecule has 1 aromatic heterocycles. The third kappa shape index (κ3) is 1.71. The van der Waals surface area contributed by atoms with Crippen LogP contribution in [-0.2, 0) is 12.5 Å². The highest BCUT2D eigenvalue weighted by Crippen LogP contribution is 2.33. The molecule has 0 fully saturated rings. The summed E-state index contributed by atoms with van der Waals surface area (Å²) in [4.78, 5) is 0. The molecular weight excluding hydrogens is 210 g/mol. The molecule has 0 aliphatic carbocycles. The lowest BCUT2D eigenvalue weighted by Gasteiger charge is -2.26. The van der Waals surface area contributed by atoms with E-state index in [0.29, 0.717) is 0 Å². The molecule has 0 saturated heterocycles. The first-order chi connectivity index (χ1) is 7.98. The molecule has 1 aromatic carbocycles. The summed E-state index contributed by atoms with van der Waals surface area (Å²) in [5, 5.41) is 10.2. The monoisotopic (exact) mass is 227 g/mol. The molecule has 0 amide bonds. The van der Waals surface area contributed by atoms with E-state index in [9.17, 15) is 0 Å². The number of benzene rings is 1. The smallest absolute Gasteiger partial charge is 0.102 e. The number of aryl methyl sites for hydroxylation is 1. The van der Waals surface area contributed by atoms with Gasteiger partial charge in [-0.3, -0.25) is 0 Å². The Morgan fingerprint density at radius 1 is 1.35 bits per heavy atom. The predicted molar refractivity (Wildman–Crippen MR) is 69.5 cm³/mol. The van der Waals surface area contributed by atoms with E-state index in [1.54, 1.807) is 0 Å². The van der Waals surface area contributed by atoms with E-state index < -0.39 is 6.04 Å². The van der Waals surface area contributed by atoms with Crippen LogP contribution in [0.25, 0.3) is 10.9 Å². The third-order valence-electron chi connectivity index (χ3n) is 3.51. The maximum absolute atomic E-state index is 9.03. The van der Waals surface area contributed by atoms with Gasteiger partial charge in [0.15, 0.2) is 0 Å². The Morgan fingerprint density at radius 2 is 2.00 bits per heavy atom. The van der Waals surface area contributed by atoms with E-state index in [4.69, 9.17) is 11.0 Å². The van der Waals surface area contributed by atoms with Crippen LogP contribution < -0.4 is 5.73 Å². The highest BCUT2D eigenvalue weighted by Gasteiger charge is 2.31. The van der Waals surface area contributed by atoms with E-state index in [0.717, 1.165) is 5.56 Å². The quantitative estimate of drug-likeness (QED) is 0.856. The van der Waals surface area contributed by atoms with Crippen LogP contribution in [0.5, 0.6) is 0 Å². The van der Waals surface area contributed by atoms with Gasteiger partial charge in [0.2, 0.25) is 0 Å². The number of nitrogens with two attached hydrogens (primary N) is 1. The number of nitrogens with zero attached hydrogens (tertiary/aromatic N) is 2. The lowest BCUT2D eigenvalue weighted by Crippen LogP contribution is -2.39. The Kier molecular flexibility index (Phi) is 2.68. The van der Waals surface area contributed by atoms with Crippen LogP contribution in [0.4, 0.5) is 0 Å². The van der Waals surface area contributed by atoms with Crippen molar-refractivity contribution < 1.29 is 0 Å². The van der Waals surface area contributed by atoms with Crippen molar-refractivity contribution in [2.24, 2.45) is 12.8 Å². The van der Waals surface area contributed by atoms with Crippen molar-refractivity contribution in [1.82, 2.24) is 4.57 Å². The van der Waals surface area contributed by atoms with Gasteiger partial charge in [-0.05, 0) is 11.6 Å². The summed E-state index contributed by atoms with van der Waals surface area (Å²) in [5.74, 6) is 0. The normalized spacial score (nSPS) is 13.6. The predicted octanol–water partition coefficient (Wildman–Crippen LogP) is 2.31. The summed E-state index contributed by atoms with van der Waals surface area (Å²) < 4.78 is 2.08. The average Bonchev–Trinajstić information content (AvgIpc) is 2.67. The van der Waals surface area contributed by atoms with Gasteiger partial charge in [0.05, 0.1) is 6.07 Å². The molecule has 1 heterocycles. The van der Waals surface area contributed by atoms with Crippen molar-refractivity contribution in [1.29, 1.82) is 5.26 Å². The zero-order valence-corrected chi connectivity index (χ0v) is 10.4. The molecule has 3 nitrogen and oxygen atoms in total. The topological polar surface area (TPSA) is 54.7 Å². The highest BCUT2D eigenvalue weighted by atomic mass is 14.9. The van der Waals surface area contributed by atoms with Crippen molar-refractivity contribution in [3.63, 3.8) is 0 Å². The molecule has 3 heteroatoms. The maximum atomic E-state index is 9.03. The van der Waals surface area contributed by atoms with Gasteiger partial charge in [0.25, 0.3) is 0 Å². The fourth-order valence-electron chi connectivity index (χ4n) is 2.18. The lowest BCUT2D eigenvalue weighted by atomic mass is 9.78. The second kappa shape index (κ2) is 3.90. The van der Waals surface area contributed by atoms with Gasteiger partial charge in [0.1, 0.15) is 6.04 Å². The summed E-state index contributed by atoms with van der Waals surface area (Å²) in [6.07, 6.45) is 2.07. The summed E-state index contributed by atoms with van der Waals surface area (Å²) in [5.41, 5.74) is 7.86. The Morgan fingerprint density at radius 3 is 2.65 bits per heavy atom. The fraction of sp³-hybridized carbons (Fsp3) is 0.357. The van der Waals surface area contributed by atoms with E-state index in [2.05, 4.69) is 29.0 Å². The summed E-state index contributed by atoms with van der Waals surface area (Å²) in [6, 6.07) is 9.83. The zero-order valence-electron chi connectivity index (χ0n) is 10.4. The Labute approximate surface area is 101 Å². The van der Waals surface area contributed by atoms with Gasteiger partial charge in [-0.25, -0.2) is 0 Å². The van der Waals surface area contributed by atoms with Crippen LogP contribution in [0.2, 0.25) is 0 Å². The summed E-state index contributed by atoms with van der Waals surface area (Å²) in [7, 11) is 2.01. The maximum Gasteiger partial charge on any atom is 0.102 e. The molecule has 0 bridgehead atoms. The molecule has 0 aliphatic rings. The SMILES string of the molecule is Cn1cc(C(C)(C)[C@H](N)C#N)c2ccccc21. The van der Waals surface area contributed by atoms with Crippen LogP contribution in [-0.4, -0.2) is 10.6 Å². The Bertz CT molecular complexity index is 587. The number of hydrogen-bond donors (Lipinski definition) is 1. The standard InChI is InChI=1S/C14H17N3/c1-14(2,13(16)8-15)11-9-17(3)12-7-5-4-6-10(11)12/h4-7,9,13H,16H2,1-3H3/t13-/m1/s1. The molecule has 0 unspecified atom stereocenters. The van der Waals surface area contributed by atoms with Crippen molar-refractivity contribution in [3.8, 4) is 6.07 Å². The van der Waals surface area contributed by atoms with Crippen LogP contribution >= 0.6 is 0 Å². The van der Waals surface area contributed by atoms with Crippen molar-refractivity contribution >= 4 is 10.9 Å². The second-order valence-corrected chi connectivity index (χ2v) is 5.00. The molecule has 2 N–H and O–H groups in total. The number of hydrogen-bond acceptors (Lipinski definition) is 2. The van der Waals surface area contributed by atoms with Crippen LogP contribution in [0.3, 0.4) is 0 Å². The molecule has 17 heavy (non-hydrogen) atoms. The largest absolute Gasteiger partial charge is 0.350 e. The third-order valence-corrected chi connectivity index (χ3v) is 3.51. The molecule has 2 aromatic rings. The van der Waals surface area contributed by atoms with Crippen molar-refractivity contribution in [2.45, 2.75) is 25.3 Å². The van der Waals surface area contributed by atoms with Gasteiger partial charge < -0.3 is 10.3 Å². The molecule has 0 radical (unpaired) electrons. The zero-order chi connectivity index (χ0) is 12.6. The molecule has 1 atom stereocenters. The van der Waals surface area contributed by atoms with Gasteiger partial charge in [0, 0.05) is 29.6 Å². The van der Waals surface area contributed by atoms with E-state index >= 15 is 0 Å². The van der Waals surface area contributed by atoms with E-state index in [1.165, 1.54) is 10.9 Å². The molecule has 2 rings (SSSR count). The molecule has 88 valence electrons. The second-order valence-electron chi connectivity index (χ2n) is 5.00. The van der Waals surface area contributed by atoms with Crippen molar-refractivity contribution in [2.75, 3.05) is 0 Å². The number of aromatic nitrogens is 1. The summed E-state index contributed by atoms with van der Waals surface area (Å²) >= 11 is 0. The van der Waals surface area contributed by atoms with Crippen LogP contribution in [0.1, 0.15) is 19.4 Å². The van der Waals surface area contributed by atoms with Gasteiger partial charge in [-0.1, -0.05) is 32.0 Å². The Hall–Kier alpha value is -1.79. The average molecular weight is 227 g/mol. The first-order valence-electron chi connectivity index (χ1n) is 5.68. The minimum absolute atomic E-state index is 0.352. The minimum atomic E-state index is -0.506. The van der Waals surface area contributed by atoms with Gasteiger partial charge in [-0.2, -0.15) is 5.26 Å².